The summed E-state index contributed by atoms with van der Waals surface area (Å²) in [5.74, 6) is 1.52. The Bertz CT molecular complexity index is 1160. The molecule has 2 heterocycles. The minimum atomic E-state index is -0.171. The first-order valence-electron chi connectivity index (χ1n) is 10.3. The highest BCUT2D eigenvalue weighted by atomic mass is 35.5. The van der Waals surface area contributed by atoms with Crippen LogP contribution in [-0.4, -0.2) is 36.3 Å². The summed E-state index contributed by atoms with van der Waals surface area (Å²) in [4.78, 5) is 8.98. The van der Waals surface area contributed by atoms with Crippen LogP contribution in [0.4, 0.5) is 11.6 Å². The fourth-order valence-electron chi connectivity index (χ4n) is 3.33. The smallest absolute Gasteiger partial charge is 0.227 e. The second-order valence-electron chi connectivity index (χ2n) is 7.77. The van der Waals surface area contributed by atoms with Gasteiger partial charge in [0.05, 0.1) is 11.6 Å². The molecule has 164 valence electrons. The monoisotopic (exact) mass is 449 g/mol. The highest BCUT2D eigenvalue weighted by molar-refractivity contribution is 6.32. The molecule has 2 aromatic carbocycles. The quantitative estimate of drug-likeness (QED) is 0.399. The molecular weight excluding hydrogens is 426 g/mol. The van der Waals surface area contributed by atoms with Crippen LogP contribution in [0.1, 0.15) is 32.3 Å². The molecular formula is C23H24ClN7O. The van der Waals surface area contributed by atoms with Crippen molar-refractivity contribution in [2.24, 2.45) is 0 Å². The summed E-state index contributed by atoms with van der Waals surface area (Å²) < 4.78 is 7.63. The molecule has 9 heteroatoms. The Kier molecular flexibility index (Phi) is 6.61. The normalized spacial score (nSPS) is 12.0. The van der Waals surface area contributed by atoms with Crippen molar-refractivity contribution < 1.29 is 4.74 Å². The van der Waals surface area contributed by atoms with Crippen molar-refractivity contribution in [1.29, 1.82) is 0 Å². The molecule has 1 atom stereocenters. The van der Waals surface area contributed by atoms with Gasteiger partial charge in [-0.2, -0.15) is 0 Å². The lowest BCUT2D eigenvalue weighted by atomic mass is 10.0. The van der Waals surface area contributed by atoms with Crippen molar-refractivity contribution in [1.82, 2.24) is 30.2 Å². The summed E-state index contributed by atoms with van der Waals surface area (Å²) in [6.45, 7) is 6.76. The van der Waals surface area contributed by atoms with Crippen molar-refractivity contribution in [2.45, 2.75) is 39.3 Å². The standard InChI is InChI=1S/C23H24ClN7O/c1-15(2)19-6-4-5-7-21(19)28-23-25-11-18(12-26-23)17-8-9-20(24)22(10-17)32-16(3)13-31-14-27-29-30-31/h4-12,14-16H,13H2,1-3H3,(H,25,26,28). The summed E-state index contributed by atoms with van der Waals surface area (Å²) in [6, 6.07) is 13.8. The van der Waals surface area contributed by atoms with Crippen LogP contribution < -0.4 is 10.1 Å². The van der Waals surface area contributed by atoms with E-state index in [4.69, 9.17) is 16.3 Å². The van der Waals surface area contributed by atoms with Crippen LogP contribution >= 0.6 is 11.6 Å². The van der Waals surface area contributed by atoms with Crippen LogP contribution in [0.25, 0.3) is 11.1 Å². The van der Waals surface area contributed by atoms with Gasteiger partial charge in [0.1, 0.15) is 18.2 Å². The van der Waals surface area contributed by atoms with E-state index >= 15 is 0 Å². The van der Waals surface area contributed by atoms with Gasteiger partial charge in [0.2, 0.25) is 5.95 Å². The van der Waals surface area contributed by atoms with E-state index in [9.17, 15) is 0 Å². The number of nitrogens with one attached hydrogen (secondary N) is 1. The molecule has 0 saturated heterocycles. The van der Waals surface area contributed by atoms with Crippen molar-refractivity contribution in [3.05, 3.63) is 71.8 Å². The van der Waals surface area contributed by atoms with Crippen LogP contribution in [0.15, 0.2) is 61.2 Å². The molecule has 32 heavy (non-hydrogen) atoms. The molecule has 1 N–H and O–H groups in total. The molecule has 4 aromatic rings. The lowest BCUT2D eigenvalue weighted by molar-refractivity contribution is 0.193. The Morgan fingerprint density at radius 2 is 1.81 bits per heavy atom. The topological polar surface area (TPSA) is 90.6 Å². The van der Waals surface area contributed by atoms with Crippen LogP contribution in [0, 0.1) is 0 Å². The van der Waals surface area contributed by atoms with Gasteiger partial charge >= 0.3 is 0 Å². The summed E-state index contributed by atoms with van der Waals surface area (Å²) in [6.07, 6.45) is 4.94. The maximum absolute atomic E-state index is 6.35. The van der Waals surface area contributed by atoms with E-state index < -0.39 is 0 Å². The van der Waals surface area contributed by atoms with Crippen molar-refractivity contribution in [3.8, 4) is 16.9 Å². The SMILES string of the molecule is CC(Cn1cnnn1)Oc1cc(-c2cnc(Nc3ccccc3C(C)C)nc2)ccc1Cl. The molecule has 0 amide bonds. The largest absolute Gasteiger partial charge is 0.487 e. The van der Waals surface area contributed by atoms with Crippen LogP contribution in [0.5, 0.6) is 5.75 Å². The van der Waals surface area contributed by atoms with Gasteiger partial charge < -0.3 is 10.1 Å². The van der Waals surface area contributed by atoms with Gasteiger partial charge in [-0.05, 0) is 52.6 Å². The number of anilines is 2. The van der Waals surface area contributed by atoms with Crippen molar-refractivity contribution >= 4 is 23.2 Å². The van der Waals surface area contributed by atoms with Crippen LogP contribution in [0.3, 0.4) is 0 Å². The number of hydrogen-bond acceptors (Lipinski definition) is 7. The second-order valence-corrected chi connectivity index (χ2v) is 8.18. The number of hydrogen-bond donors (Lipinski definition) is 1. The summed E-state index contributed by atoms with van der Waals surface area (Å²) in [7, 11) is 0. The predicted molar refractivity (Wildman–Crippen MR) is 124 cm³/mol. The third-order valence-electron chi connectivity index (χ3n) is 4.91. The Labute approximate surface area is 191 Å². The van der Waals surface area contributed by atoms with E-state index in [1.165, 1.54) is 5.56 Å². The first-order valence-corrected chi connectivity index (χ1v) is 10.7. The average Bonchev–Trinajstić information content (AvgIpc) is 3.29. The fraction of sp³-hybridized carbons (Fsp3) is 0.261. The molecule has 0 aliphatic rings. The number of rotatable bonds is 8. The third-order valence-corrected chi connectivity index (χ3v) is 5.22. The molecule has 4 rings (SSSR count). The third kappa shape index (κ3) is 5.20. The minimum absolute atomic E-state index is 0.171. The number of benzene rings is 2. The average molecular weight is 450 g/mol. The van der Waals surface area contributed by atoms with Gasteiger partial charge in [0.15, 0.2) is 0 Å². The predicted octanol–water partition coefficient (Wildman–Crippen LogP) is 5.12. The number of nitrogens with zero attached hydrogens (tertiary/aromatic N) is 6. The molecule has 8 nitrogen and oxygen atoms in total. The second kappa shape index (κ2) is 9.74. The van der Waals surface area contributed by atoms with E-state index in [0.29, 0.717) is 29.2 Å². The van der Waals surface area contributed by atoms with E-state index in [1.807, 2.05) is 37.3 Å². The molecule has 0 aliphatic heterocycles. The summed E-state index contributed by atoms with van der Waals surface area (Å²) >= 11 is 6.35. The van der Waals surface area contributed by atoms with Crippen molar-refractivity contribution in [3.63, 3.8) is 0 Å². The number of aromatic nitrogens is 6. The molecule has 0 spiro atoms. The zero-order valence-corrected chi connectivity index (χ0v) is 18.9. The minimum Gasteiger partial charge on any atom is -0.487 e. The van der Waals surface area contributed by atoms with Gasteiger partial charge in [0, 0.05) is 23.6 Å². The lowest BCUT2D eigenvalue weighted by Gasteiger charge is -2.16. The number of ether oxygens (including phenoxy) is 1. The zero-order chi connectivity index (χ0) is 22.5. The van der Waals surface area contributed by atoms with Gasteiger partial charge in [0.25, 0.3) is 0 Å². The maximum Gasteiger partial charge on any atom is 0.227 e. The molecule has 2 aromatic heterocycles. The van der Waals surface area contributed by atoms with Crippen LogP contribution in [-0.2, 0) is 6.54 Å². The fourth-order valence-corrected chi connectivity index (χ4v) is 3.49. The van der Waals surface area contributed by atoms with Gasteiger partial charge in [-0.15, -0.1) is 5.10 Å². The Morgan fingerprint density at radius 1 is 1.03 bits per heavy atom. The first kappa shape index (κ1) is 21.7. The Morgan fingerprint density at radius 3 is 2.53 bits per heavy atom. The van der Waals surface area contributed by atoms with E-state index in [-0.39, 0.29) is 6.10 Å². The molecule has 0 aliphatic carbocycles. The molecule has 1 unspecified atom stereocenters. The lowest BCUT2D eigenvalue weighted by Crippen LogP contribution is -2.20. The summed E-state index contributed by atoms with van der Waals surface area (Å²) in [5.41, 5.74) is 4.00. The highest BCUT2D eigenvalue weighted by Gasteiger charge is 2.12. The maximum atomic E-state index is 6.35. The van der Waals surface area contributed by atoms with Crippen LogP contribution in [0.2, 0.25) is 5.02 Å². The van der Waals surface area contributed by atoms with E-state index in [1.54, 1.807) is 29.5 Å². The highest BCUT2D eigenvalue weighted by Crippen LogP contribution is 2.31. The van der Waals surface area contributed by atoms with Crippen molar-refractivity contribution in [2.75, 3.05) is 5.32 Å². The Balaban J connectivity index is 1.49. The van der Waals surface area contributed by atoms with E-state index in [0.717, 1.165) is 16.8 Å². The zero-order valence-electron chi connectivity index (χ0n) is 18.1. The van der Waals surface area contributed by atoms with Gasteiger partial charge in [-0.3, -0.25) is 0 Å². The molecule has 0 radical (unpaired) electrons. The Hall–Kier alpha value is -3.52. The molecule has 0 saturated carbocycles. The van der Waals surface area contributed by atoms with Gasteiger partial charge in [-0.25, -0.2) is 14.6 Å². The first-order chi connectivity index (χ1) is 15.5. The molecule has 0 bridgehead atoms. The number of halogens is 1. The number of para-hydroxylation sites is 1. The summed E-state index contributed by atoms with van der Waals surface area (Å²) in [5, 5.41) is 15.0. The van der Waals surface area contributed by atoms with E-state index in [2.05, 4.69) is 50.7 Å². The molecule has 0 fully saturated rings. The number of tetrazole rings is 1. The van der Waals surface area contributed by atoms with Gasteiger partial charge in [-0.1, -0.05) is 49.7 Å².